The molecule has 0 saturated heterocycles. The molecule has 1 aromatic heterocycles. The van der Waals surface area contributed by atoms with E-state index in [1.807, 2.05) is 18.2 Å². The Labute approximate surface area is 203 Å². The van der Waals surface area contributed by atoms with Crippen molar-refractivity contribution in [2.45, 2.75) is 12.8 Å². The molecule has 0 saturated carbocycles. The second kappa shape index (κ2) is 7.82. The van der Waals surface area contributed by atoms with Crippen LogP contribution in [-0.2, 0) is 0 Å². The lowest BCUT2D eigenvalue weighted by Crippen LogP contribution is -1.94. The summed E-state index contributed by atoms with van der Waals surface area (Å²) in [6.07, 6.45) is 7.97. The number of fused-ring (bicyclic) bond motifs is 6. The van der Waals surface area contributed by atoms with Gasteiger partial charge >= 0.3 is 0 Å². The van der Waals surface area contributed by atoms with E-state index in [4.69, 9.17) is 9.83 Å². The first-order valence-corrected chi connectivity index (χ1v) is 12.1. The molecule has 166 valence electrons. The quantitative estimate of drug-likeness (QED) is 0.212. The summed E-state index contributed by atoms with van der Waals surface area (Å²) in [5.74, 6) is 0. The van der Waals surface area contributed by atoms with Crippen LogP contribution in [0.5, 0.6) is 0 Å². The molecule has 1 aliphatic rings. The van der Waals surface area contributed by atoms with Crippen LogP contribution in [0, 0.1) is 5.41 Å². The molecule has 0 atom stereocenters. The molecule has 6 aromatic rings. The van der Waals surface area contributed by atoms with Crippen molar-refractivity contribution in [3.8, 4) is 0 Å². The first-order valence-electron chi connectivity index (χ1n) is 12.1. The summed E-state index contributed by atoms with van der Waals surface area (Å²) in [6.45, 7) is 0. The third-order valence-corrected chi connectivity index (χ3v) is 7.32. The maximum absolute atomic E-state index is 7.80. The highest BCUT2D eigenvalue weighted by molar-refractivity contribution is 6.13. The Kier molecular flexibility index (Phi) is 4.46. The normalized spacial score (nSPS) is 13.9. The second-order valence-corrected chi connectivity index (χ2v) is 9.28. The van der Waals surface area contributed by atoms with Gasteiger partial charge in [0.15, 0.2) is 0 Å². The number of benzene rings is 5. The van der Waals surface area contributed by atoms with Crippen LogP contribution in [0.25, 0.3) is 54.6 Å². The maximum atomic E-state index is 7.80. The van der Waals surface area contributed by atoms with Gasteiger partial charge in [-0.05, 0) is 80.9 Å². The predicted molar refractivity (Wildman–Crippen MR) is 148 cm³/mol. The molecule has 1 aliphatic carbocycles. The third-order valence-electron chi connectivity index (χ3n) is 7.32. The lowest BCUT2D eigenvalue weighted by atomic mass is 9.88. The summed E-state index contributed by atoms with van der Waals surface area (Å²) in [5.41, 5.74) is 7.84. The summed E-state index contributed by atoms with van der Waals surface area (Å²) in [7, 11) is 0. The van der Waals surface area contributed by atoms with Crippen molar-refractivity contribution in [3.05, 3.63) is 120 Å². The average molecular weight is 450 g/mol. The average Bonchev–Trinajstić information content (AvgIpc) is 3.31. The van der Waals surface area contributed by atoms with Gasteiger partial charge in [-0.3, -0.25) is 0 Å². The van der Waals surface area contributed by atoms with Crippen LogP contribution in [0.4, 0.5) is 0 Å². The molecule has 0 radical (unpaired) electrons. The SMILES string of the molecule is N=Cc1cccc2oc3ccc(C4=CC=C(c5ccc6ccc7ccccc7c6c5)CC4)cc3c12. The summed E-state index contributed by atoms with van der Waals surface area (Å²) in [5, 5.41) is 15.1. The lowest BCUT2D eigenvalue weighted by molar-refractivity contribution is 0.669. The van der Waals surface area contributed by atoms with Crippen LogP contribution in [0.3, 0.4) is 0 Å². The van der Waals surface area contributed by atoms with E-state index < -0.39 is 0 Å². The van der Waals surface area contributed by atoms with Crippen molar-refractivity contribution in [1.29, 1.82) is 5.41 Å². The largest absolute Gasteiger partial charge is 0.456 e. The van der Waals surface area contributed by atoms with E-state index in [1.165, 1.54) is 50.0 Å². The van der Waals surface area contributed by atoms with E-state index in [-0.39, 0.29) is 0 Å². The molecular weight excluding hydrogens is 426 g/mol. The molecule has 5 aromatic carbocycles. The minimum Gasteiger partial charge on any atom is -0.456 e. The van der Waals surface area contributed by atoms with E-state index in [2.05, 4.69) is 84.9 Å². The van der Waals surface area contributed by atoms with E-state index in [0.29, 0.717) is 0 Å². The van der Waals surface area contributed by atoms with Crippen molar-refractivity contribution >= 4 is 60.8 Å². The van der Waals surface area contributed by atoms with Crippen molar-refractivity contribution < 1.29 is 4.42 Å². The Morgan fingerprint density at radius 1 is 0.600 bits per heavy atom. The molecule has 1 N–H and O–H groups in total. The Balaban J connectivity index is 1.29. The third kappa shape index (κ3) is 3.22. The fourth-order valence-corrected chi connectivity index (χ4v) is 5.49. The maximum Gasteiger partial charge on any atom is 0.136 e. The van der Waals surface area contributed by atoms with Crippen LogP contribution in [-0.4, -0.2) is 6.21 Å². The Hall–Kier alpha value is -4.43. The molecular formula is C33H23NO. The highest BCUT2D eigenvalue weighted by atomic mass is 16.3. The van der Waals surface area contributed by atoms with Crippen LogP contribution in [0.1, 0.15) is 29.5 Å². The van der Waals surface area contributed by atoms with E-state index in [1.54, 1.807) is 0 Å². The van der Waals surface area contributed by atoms with Crippen molar-refractivity contribution in [2.75, 3.05) is 0 Å². The second-order valence-electron chi connectivity index (χ2n) is 9.28. The van der Waals surface area contributed by atoms with Gasteiger partial charge in [-0.25, -0.2) is 0 Å². The Morgan fingerprint density at radius 2 is 1.29 bits per heavy atom. The smallest absolute Gasteiger partial charge is 0.136 e. The summed E-state index contributed by atoms with van der Waals surface area (Å²) in [6, 6.07) is 32.2. The van der Waals surface area contributed by atoms with Crippen LogP contribution < -0.4 is 0 Å². The number of hydrogen-bond acceptors (Lipinski definition) is 2. The van der Waals surface area contributed by atoms with Gasteiger partial charge in [0.05, 0.1) is 0 Å². The molecule has 35 heavy (non-hydrogen) atoms. The van der Waals surface area contributed by atoms with Gasteiger partial charge in [-0.15, -0.1) is 0 Å². The van der Waals surface area contributed by atoms with Gasteiger partial charge in [-0.2, -0.15) is 0 Å². The van der Waals surface area contributed by atoms with Gasteiger partial charge in [0.25, 0.3) is 0 Å². The number of allylic oxidation sites excluding steroid dienone is 4. The number of nitrogens with one attached hydrogen (secondary N) is 1. The molecule has 0 aliphatic heterocycles. The standard InChI is InChI=1S/C33H23NO/c34-20-27-5-3-7-32-33(27)30-19-26(16-17-31(30)35-32)22-10-8-21(9-11-22)25-15-14-24-13-12-23-4-1-2-6-28(23)29(24)18-25/h1-8,10,12-20,34H,9,11H2. The molecule has 1 heterocycles. The monoisotopic (exact) mass is 449 g/mol. The minimum atomic E-state index is 0.835. The van der Waals surface area contributed by atoms with Gasteiger partial charge in [0, 0.05) is 22.6 Å². The predicted octanol–water partition coefficient (Wildman–Crippen LogP) is 9.15. The van der Waals surface area contributed by atoms with Gasteiger partial charge < -0.3 is 9.83 Å². The van der Waals surface area contributed by atoms with E-state index in [9.17, 15) is 0 Å². The van der Waals surface area contributed by atoms with E-state index >= 15 is 0 Å². The first kappa shape index (κ1) is 20.0. The fourth-order valence-electron chi connectivity index (χ4n) is 5.49. The molecule has 7 rings (SSSR count). The number of rotatable bonds is 3. The molecule has 0 amide bonds. The van der Waals surface area contributed by atoms with Crippen LogP contribution in [0.15, 0.2) is 108 Å². The molecule has 2 heteroatoms. The zero-order valence-electron chi connectivity index (χ0n) is 19.2. The van der Waals surface area contributed by atoms with Crippen molar-refractivity contribution in [3.63, 3.8) is 0 Å². The molecule has 2 nitrogen and oxygen atoms in total. The Bertz CT molecular complexity index is 1870. The van der Waals surface area contributed by atoms with Gasteiger partial charge in [0.2, 0.25) is 0 Å². The van der Waals surface area contributed by atoms with Crippen molar-refractivity contribution in [2.24, 2.45) is 0 Å². The molecule has 0 spiro atoms. The highest BCUT2D eigenvalue weighted by Crippen LogP contribution is 2.37. The topological polar surface area (TPSA) is 37.0 Å². The number of furan rings is 1. The highest BCUT2D eigenvalue weighted by Gasteiger charge is 2.15. The molecule has 0 bridgehead atoms. The zero-order valence-corrected chi connectivity index (χ0v) is 19.2. The van der Waals surface area contributed by atoms with E-state index in [0.717, 1.165) is 40.3 Å². The first-order chi connectivity index (χ1) is 17.3. The molecule has 0 fully saturated rings. The van der Waals surface area contributed by atoms with Gasteiger partial charge in [-0.1, -0.05) is 78.9 Å². The Morgan fingerprint density at radius 3 is 2.06 bits per heavy atom. The number of hydrogen-bond donors (Lipinski definition) is 1. The molecule has 0 unspecified atom stereocenters. The summed E-state index contributed by atoms with van der Waals surface area (Å²) in [4.78, 5) is 0. The summed E-state index contributed by atoms with van der Waals surface area (Å²) >= 11 is 0. The summed E-state index contributed by atoms with van der Waals surface area (Å²) < 4.78 is 6.04. The van der Waals surface area contributed by atoms with Crippen molar-refractivity contribution in [1.82, 2.24) is 0 Å². The van der Waals surface area contributed by atoms with Gasteiger partial charge in [0.1, 0.15) is 11.2 Å². The van der Waals surface area contributed by atoms with Crippen LogP contribution in [0.2, 0.25) is 0 Å². The zero-order chi connectivity index (χ0) is 23.4. The minimum absolute atomic E-state index is 0.835. The fraction of sp³-hybridized carbons (Fsp3) is 0.0606. The van der Waals surface area contributed by atoms with Crippen LogP contribution >= 0.6 is 0 Å². The lowest BCUT2D eigenvalue weighted by Gasteiger charge is -2.16.